The first kappa shape index (κ1) is 13.0. The van der Waals surface area contributed by atoms with E-state index in [9.17, 15) is 4.79 Å². The van der Waals surface area contributed by atoms with Crippen molar-refractivity contribution in [2.24, 2.45) is 0 Å². The molecule has 0 saturated carbocycles. The molecule has 1 rings (SSSR count). The number of carbonyl (C=O) groups excluding carboxylic acids is 1. The van der Waals surface area contributed by atoms with Crippen molar-refractivity contribution in [2.45, 2.75) is 57.8 Å². The lowest BCUT2D eigenvalue weighted by atomic mass is 10.1. The fraction of sp³-hybridized carbons (Fsp3) is 0.909. The Labute approximate surface area is 99.6 Å². The van der Waals surface area contributed by atoms with Crippen LogP contribution in [0, 0.1) is 0 Å². The molecule has 0 aliphatic carbocycles. The number of halogens is 1. The Morgan fingerprint density at radius 2 is 2.00 bits per heavy atom. The van der Waals surface area contributed by atoms with Crippen LogP contribution in [0.4, 0.5) is 0 Å². The number of carbonyl (C=O) groups is 1. The van der Waals surface area contributed by atoms with Crippen LogP contribution in [-0.4, -0.2) is 29.1 Å². The van der Waals surface area contributed by atoms with Crippen LogP contribution in [-0.2, 0) is 14.3 Å². The third-order valence-electron chi connectivity index (χ3n) is 2.18. The maximum Gasteiger partial charge on any atom is 0.308 e. The summed E-state index contributed by atoms with van der Waals surface area (Å²) < 4.78 is 10.9. The molecule has 1 aliphatic heterocycles. The second kappa shape index (κ2) is 5.30. The second-order valence-corrected chi connectivity index (χ2v) is 5.55. The van der Waals surface area contributed by atoms with Crippen LogP contribution in [0.1, 0.15) is 40.0 Å². The zero-order valence-electron chi connectivity index (χ0n) is 9.59. The average molecular weight is 279 g/mol. The topological polar surface area (TPSA) is 35.5 Å². The Balaban J connectivity index is 2.28. The number of ether oxygens (including phenoxy) is 2. The molecule has 4 heteroatoms. The minimum atomic E-state index is -0.398. The van der Waals surface area contributed by atoms with E-state index in [1.54, 1.807) is 0 Å². The van der Waals surface area contributed by atoms with E-state index in [1.807, 2.05) is 20.8 Å². The van der Waals surface area contributed by atoms with Crippen LogP contribution in [0.2, 0.25) is 0 Å². The van der Waals surface area contributed by atoms with E-state index in [0.717, 1.165) is 18.2 Å². The normalized spacial score (nSPS) is 26.7. The highest BCUT2D eigenvalue weighted by Gasteiger charge is 2.28. The second-order valence-electron chi connectivity index (χ2n) is 4.90. The lowest BCUT2D eigenvalue weighted by molar-refractivity contribution is -0.157. The fourth-order valence-electron chi connectivity index (χ4n) is 1.61. The molecule has 0 aromatic carbocycles. The lowest BCUT2D eigenvalue weighted by Crippen LogP contribution is -2.26. The standard InChI is InChI=1S/C11H19BrO3/c1-11(2,3)15-10(13)6-8-4-5-9(7-12)14-8/h8-9H,4-7H2,1-3H3/t8-,9+/m1/s1. The molecule has 0 aromatic heterocycles. The molecule has 1 heterocycles. The van der Waals surface area contributed by atoms with E-state index >= 15 is 0 Å². The van der Waals surface area contributed by atoms with Crippen molar-refractivity contribution in [3.05, 3.63) is 0 Å². The molecule has 1 aliphatic rings. The predicted molar refractivity (Wildman–Crippen MR) is 62.2 cm³/mol. The molecule has 0 spiro atoms. The molecule has 2 atom stereocenters. The molecule has 3 nitrogen and oxygen atoms in total. The summed E-state index contributed by atoms with van der Waals surface area (Å²) in [4.78, 5) is 11.5. The lowest BCUT2D eigenvalue weighted by Gasteiger charge is -2.20. The third-order valence-corrected chi connectivity index (χ3v) is 2.90. The van der Waals surface area contributed by atoms with Crippen molar-refractivity contribution in [2.75, 3.05) is 5.33 Å². The van der Waals surface area contributed by atoms with Crippen molar-refractivity contribution >= 4 is 21.9 Å². The maximum atomic E-state index is 11.5. The number of esters is 1. The number of rotatable bonds is 3. The van der Waals surface area contributed by atoms with Gasteiger partial charge in [-0.25, -0.2) is 0 Å². The summed E-state index contributed by atoms with van der Waals surface area (Å²) in [5.41, 5.74) is -0.398. The van der Waals surface area contributed by atoms with Gasteiger partial charge in [-0.3, -0.25) is 4.79 Å². The molecular weight excluding hydrogens is 260 g/mol. The molecule has 0 N–H and O–H groups in total. The van der Waals surface area contributed by atoms with Gasteiger partial charge in [0, 0.05) is 5.33 Å². The molecule has 0 bridgehead atoms. The Morgan fingerprint density at radius 3 is 2.47 bits per heavy atom. The van der Waals surface area contributed by atoms with E-state index in [0.29, 0.717) is 6.42 Å². The molecule has 0 unspecified atom stereocenters. The fourth-order valence-corrected chi connectivity index (χ4v) is 2.09. The van der Waals surface area contributed by atoms with Gasteiger partial charge in [0.2, 0.25) is 0 Å². The summed E-state index contributed by atoms with van der Waals surface area (Å²) in [5, 5.41) is 0.845. The summed E-state index contributed by atoms with van der Waals surface area (Å²) in [6.07, 6.45) is 2.66. The van der Waals surface area contributed by atoms with Gasteiger partial charge in [-0.2, -0.15) is 0 Å². The van der Waals surface area contributed by atoms with E-state index in [1.165, 1.54) is 0 Å². The molecular formula is C11H19BrO3. The minimum absolute atomic E-state index is 0.0439. The Hall–Kier alpha value is -0.0900. The first-order valence-electron chi connectivity index (χ1n) is 5.34. The summed E-state index contributed by atoms with van der Waals surface area (Å²) in [6.45, 7) is 5.63. The van der Waals surface area contributed by atoms with Gasteiger partial charge in [-0.15, -0.1) is 0 Å². The first-order valence-corrected chi connectivity index (χ1v) is 6.46. The first-order chi connectivity index (χ1) is 6.90. The van der Waals surface area contributed by atoms with Crippen LogP contribution in [0.25, 0.3) is 0 Å². The maximum absolute atomic E-state index is 11.5. The Kier molecular flexibility index (Phi) is 4.59. The van der Waals surface area contributed by atoms with Crippen LogP contribution in [0.15, 0.2) is 0 Å². The molecule has 1 fully saturated rings. The van der Waals surface area contributed by atoms with Crippen molar-refractivity contribution in [3.63, 3.8) is 0 Å². The molecule has 15 heavy (non-hydrogen) atoms. The van der Waals surface area contributed by atoms with Gasteiger partial charge in [0.25, 0.3) is 0 Å². The van der Waals surface area contributed by atoms with Crippen LogP contribution in [0.5, 0.6) is 0 Å². The number of hydrogen-bond donors (Lipinski definition) is 0. The van der Waals surface area contributed by atoms with Crippen molar-refractivity contribution in [1.82, 2.24) is 0 Å². The van der Waals surface area contributed by atoms with Gasteiger partial charge < -0.3 is 9.47 Å². The van der Waals surface area contributed by atoms with Gasteiger partial charge in [0.05, 0.1) is 18.6 Å². The Bertz CT molecular complexity index is 222. The summed E-state index contributed by atoms with van der Waals surface area (Å²) in [7, 11) is 0. The third kappa shape index (κ3) is 4.98. The highest BCUT2D eigenvalue weighted by molar-refractivity contribution is 9.09. The Morgan fingerprint density at radius 1 is 1.40 bits per heavy atom. The summed E-state index contributed by atoms with van der Waals surface area (Å²) >= 11 is 3.38. The minimum Gasteiger partial charge on any atom is -0.460 e. The van der Waals surface area contributed by atoms with Crippen molar-refractivity contribution < 1.29 is 14.3 Å². The van der Waals surface area contributed by atoms with Crippen molar-refractivity contribution in [3.8, 4) is 0 Å². The number of hydrogen-bond acceptors (Lipinski definition) is 3. The SMILES string of the molecule is CC(C)(C)OC(=O)C[C@H]1CC[C@@H](CBr)O1. The van der Waals surface area contributed by atoms with Gasteiger partial charge >= 0.3 is 5.97 Å². The largest absolute Gasteiger partial charge is 0.460 e. The number of alkyl halides is 1. The van der Waals surface area contributed by atoms with E-state index < -0.39 is 5.60 Å². The highest BCUT2D eigenvalue weighted by atomic mass is 79.9. The predicted octanol–water partition coefficient (Wildman–Crippen LogP) is 2.66. The van der Waals surface area contributed by atoms with Crippen LogP contribution in [0.3, 0.4) is 0 Å². The van der Waals surface area contributed by atoms with Crippen molar-refractivity contribution in [1.29, 1.82) is 0 Å². The molecule has 0 amide bonds. The average Bonchev–Trinajstić information content (AvgIpc) is 2.48. The molecule has 1 saturated heterocycles. The van der Waals surface area contributed by atoms with E-state index in [-0.39, 0.29) is 18.2 Å². The molecule has 0 aromatic rings. The van der Waals surface area contributed by atoms with E-state index in [2.05, 4.69) is 15.9 Å². The monoisotopic (exact) mass is 278 g/mol. The zero-order valence-corrected chi connectivity index (χ0v) is 11.2. The van der Waals surface area contributed by atoms with Crippen LogP contribution < -0.4 is 0 Å². The zero-order chi connectivity index (χ0) is 11.5. The van der Waals surface area contributed by atoms with Gasteiger partial charge in [0.15, 0.2) is 0 Å². The highest BCUT2D eigenvalue weighted by Crippen LogP contribution is 2.24. The van der Waals surface area contributed by atoms with Crippen LogP contribution >= 0.6 is 15.9 Å². The van der Waals surface area contributed by atoms with Gasteiger partial charge in [-0.05, 0) is 33.6 Å². The summed E-state index contributed by atoms with van der Waals surface area (Å²) in [6, 6.07) is 0. The van der Waals surface area contributed by atoms with Gasteiger partial charge in [-0.1, -0.05) is 15.9 Å². The summed E-state index contributed by atoms with van der Waals surface area (Å²) in [5.74, 6) is -0.164. The smallest absolute Gasteiger partial charge is 0.308 e. The quantitative estimate of drug-likeness (QED) is 0.588. The van der Waals surface area contributed by atoms with Gasteiger partial charge in [0.1, 0.15) is 5.60 Å². The molecule has 0 radical (unpaired) electrons. The van der Waals surface area contributed by atoms with E-state index in [4.69, 9.17) is 9.47 Å². The molecule has 88 valence electrons.